The summed E-state index contributed by atoms with van der Waals surface area (Å²) in [7, 11) is 1.79. The van der Waals surface area contributed by atoms with Crippen LogP contribution in [0, 0.1) is 6.92 Å². The molecule has 1 N–H and O–H groups in total. The van der Waals surface area contributed by atoms with Crippen LogP contribution in [0.15, 0.2) is 42.5 Å². The number of benzene rings is 2. The maximum atomic E-state index is 5.96. The number of rotatable bonds is 8. The van der Waals surface area contributed by atoms with Gasteiger partial charge in [-0.15, -0.1) is 0 Å². The number of tetrazole rings is 1. The van der Waals surface area contributed by atoms with Gasteiger partial charge in [-0.05, 0) is 47.5 Å². The van der Waals surface area contributed by atoms with Crippen LogP contribution in [0.1, 0.15) is 23.6 Å². The van der Waals surface area contributed by atoms with Crippen LogP contribution < -0.4 is 14.8 Å². The lowest BCUT2D eigenvalue weighted by molar-refractivity contribution is 0.269. The Bertz CT molecular complexity index is 845. The molecule has 0 radical (unpaired) electrons. The average molecular weight is 353 g/mol. The van der Waals surface area contributed by atoms with Crippen molar-refractivity contribution in [2.45, 2.75) is 27.0 Å². The maximum absolute atomic E-state index is 5.96. The molecule has 0 amide bonds. The second-order valence-electron chi connectivity index (χ2n) is 5.97. The van der Waals surface area contributed by atoms with Gasteiger partial charge in [-0.25, -0.2) is 4.68 Å². The third-order valence-electron chi connectivity index (χ3n) is 3.89. The van der Waals surface area contributed by atoms with E-state index in [2.05, 4.69) is 52.0 Å². The smallest absolute Gasteiger partial charge is 0.242 e. The molecule has 26 heavy (non-hydrogen) atoms. The van der Waals surface area contributed by atoms with E-state index in [4.69, 9.17) is 9.47 Å². The number of nitrogens with one attached hydrogen (secondary N) is 1. The molecular weight excluding hydrogens is 330 g/mol. The molecule has 3 rings (SSSR count). The fraction of sp³-hybridized carbons (Fsp3) is 0.316. The highest BCUT2D eigenvalue weighted by Crippen LogP contribution is 2.29. The van der Waals surface area contributed by atoms with Crippen molar-refractivity contribution in [3.63, 3.8) is 0 Å². The van der Waals surface area contributed by atoms with Crippen LogP contribution in [0.2, 0.25) is 0 Å². The first-order valence-corrected chi connectivity index (χ1v) is 8.56. The minimum absolute atomic E-state index is 0.503. The molecule has 7 heteroatoms. The summed E-state index contributed by atoms with van der Waals surface area (Å²) in [4.78, 5) is 0. The Morgan fingerprint density at radius 2 is 1.77 bits per heavy atom. The van der Waals surface area contributed by atoms with Crippen LogP contribution in [0.3, 0.4) is 0 Å². The molecule has 0 saturated heterocycles. The van der Waals surface area contributed by atoms with Crippen molar-refractivity contribution in [3.8, 4) is 11.5 Å². The van der Waals surface area contributed by atoms with Gasteiger partial charge in [-0.1, -0.05) is 41.0 Å². The summed E-state index contributed by atoms with van der Waals surface area (Å²) in [6.45, 7) is 5.70. The van der Waals surface area contributed by atoms with Gasteiger partial charge in [0.25, 0.3) is 0 Å². The minimum Gasteiger partial charge on any atom is -0.490 e. The van der Waals surface area contributed by atoms with Crippen LogP contribution in [-0.2, 0) is 20.2 Å². The molecular formula is C19H23N5O2. The number of ether oxygens (including phenoxy) is 2. The monoisotopic (exact) mass is 353 g/mol. The summed E-state index contributed by atoms with van der Waals surface area (Å²) >= 11 is 0. The van der Waals surface area contributed by atoms with Crippen LogP contribution in [0.5, 0.6) is 11.5 Å². The fourth-order valence-electron chi connectivity index (χ4n) is 2.46. The first-order chi connectivity index (χ1) is 12.7. The normalized spacial score (nSPS) is 10.6. The lowest BCUT2D eigenvalue weighted by atomic mass is 10.1. The fourth-order valence-corrected chi connectivity index (χ4v) is 2.46. The Hall–Kier alpha value is -3.09. The highest BCUT2D eigenvalue weighted by Gasteiger charge is 2.08. The zero-order valence-electron chi connectivity index (χ0n) is 15.3. The standard InChI is InChI=1S/C19H23N5O2/c1-4-25-18-11-16(12-20-19-21-22-23-24(19)3)9-10-17(18)26-13-15-7-5-14(2)6-8-15/h5-11H,4,12-13H2,1-3H3,(H,20,21,23). The van der Waals surface area contributed by atoms with Crippen molar-refractivity contribution in [3.05, 3.63) is 59.2 Å². The summed E-state index contributed by atoms with van der Waals surface area (Å²) in [5, 5.41) is 14.5. The molecule has 0 aliphatic heterocycles. The molecule has 2 aromatic carbocycles. The summed E-state index contributed by atoms with van der Waals surface area (Å²) in [5.41, 5.74) is 3.41. The molecule has 7 nitrogen and oxygen atoms in total. The molecule has 1 aromatic heterocycles. The Balaban J connectivity index is 1.67. The summed E-state index contributed by atoms with van der Waals surface area (Å²) < 4.78 is 13.3. The second kappa shape index (κ2) is 8.33. The van der Waals surface area contributed by atoms with Crippen molar-refractivity contribution in [1.29, 1.82) is 0 Å². The molecule has 0 unspecified atom stereocenters. The second-order valence-corrected chi connectivity index (χ2v) is 5.97. The number of nitrogens with zero attached hydrogens (tertiary/aromatic N) is 4. The van der Waals surface area contributed by atoms with Gasteiger partial charge in [0.05, 0.1) is 6.61 Å². The summed E-state index contributed by atoms with van der Waals surface area (Å²) in [6.07, 6.45) is 0. The molecule has 3 aromatic rings. The summed E-state index contributed by atoms with van der Waals surface area (Å²) in [5.74, 6) is 2.08. The SMILES string of the molecule is CCOc1cc(CNc2nnnn2C)ccc1OCc1ccc(C)cc1. The molecule has 0 saturated carbocycles. The van der Waals surface area contributed by atoms with Gasteiger partial charge < -0.3 is 14.8 Å². The van der Waals surface area contributed by atoms with Gasteiger partial charge in [0.15, 0.2) is 11.5 Å². The predicted octanol–water partition coefficient (Wildman–Crippen LogP) is 3.11. The van der Waals surface area contributed by atoms with Crippen molar-refractivity contribution in [1.82, 2.24) is 20.2 Å². The van der Waals surface area contributed by atoms with E-state index in [9.17, 15) is 0 Å². The highest BCUT2D eigenvalue weighted by molar-refractivity contribution is 5.44. The lowest BCUT2D eigenvalue weighted by Gasteiger charge is -2.14. The van der Waals surface area contributed by atoms with Crippen LogP contribution >= 0.6 is 0 Å². The lowest BCUT2D eigenvalue weighted by Crippen LogP contribution is -2.06. The molecule has 0 fully saturated rings. The van der Waals surface area contributed by atoms with Gasteiger partial charge >= 0.3 is 0 Å². The molecule has 136 valence electrons. The van der Waals surface area contributed by atoms with Gasteiger partial charge in [-0.3, -0.25) is 0 Å². The number of hydrogen-bond acceptors (Lipinski definition) is 6. The average Bonchev–Trinajstić information content (AvgIpc) is 3.06. The van der Waals surface area contributed by atoms with E-state index < -0.39 is 0 Å². The third kappa shape index (κ3) is 4.50. The predicted molar refractivity (Wildman–Crippen MR) is 99.2 cm³/mol. The minimum atomic E-state index is 0.503. The maximum Gasteiger partial charge on any atom is 0.242 e. The summed E-state index contributed by atoms with van der Waals surface area (Å²) in [6, 6.07) is 14.2. The Morgan fingerprint density at radius 1 is 1.00 bits per heavy atom. The number of aromatic nitrogens is 4. The van der Waals surface area contributed by atoms with E-state index in [0.717, 1.165) is 22.6 Å². The molecule has 1 heterocycles. The van der Waals surface area contributed by atoms with Crippen molar-refractivity contribution in [2.24, 2.45) is 7.05 Å². The molecule has 0 aliphatic carbocycles. The highest BCUT2D eigenvalue weighted by atomic mass is 16.5. The third-order valence-corrected chi connectivity index (χ3v) is 3.89. The van der Waals surface area contributed by atoms with Crippen LogP contribution in [-0.4, -0.2) is 26.8 Å². The van der Waals surface area contributed by atoms with Gasteiger partial charge in [0.2, 0.25) is 5.95 Å². The number of anilines is 1. The molecule has 0 aliphatic rings. The van der Waals surface area contributed by atoms with E-state index in [0.29, 0.717) is 25.7 Å². The quantitative estimate of drug-likeness (QED) is 0.671. The topological polar surface area (TPSA) is 74.1 Å². The van der Waals surface area contributed by atoms with E-state index in [-0.39, 0.29) is 0 Å². The van der Waals surface area contributed by atoms with Gasteiger partial charge in [0, 0.05) is 13.6 Å². The van der Waals surface area contributed by atoms with Gasteiger partial charge in [0.1, 0.15) is 6.61 Å². The Morgan fingerprint density at radius 3 is 2.46 bits per heavy atom. The Labute approximate surface area is 152 Å². The van der Waals surface area contributed by atoms with Crippen molar-refractivity contribution < 1.29 is 9.47 Å². The molecule has 0 atom stereocenters. The molecule has 0 spiro atoms. The first kappa shape index (κ1) is 17.7. The zero-order valence-corrected chi connectivity index (χ0v) is 15.3. The van der Waals surface area contributed by atoms with Crippen LogP contribution in [0.4, 0.5) is 5.95 Å². The van der Waals surface area contributed by atoms with E-state index >= 15 is 0 Å². The van der Waals surface area contributed by atoms with E-state index in [1.165, 1.54) is 5.56 Å². The first-order valence-electron chi connectivity index (χ1n) is 8.56. The Kier molecular flexibility index (Phi) is 5.68. The largest absolute Gasteiger partial charge is 0.490 e. The number of hydrogen-bond donors (Lipinski definition) is 1. The van der Waals surface area contributed by atoms with Crippen molar-refractivity contribution >= 4 is 5.95 Å². The molecule has 0 bridgehead atoms. The van der Waals surface area contributed by atoms with Crippen molar-refractivity contribution in [2.75, 3.05) is 11.9 Å². The van der Waals surface area contributed by atoms with E-state index in [1.54, 1.807) is 11.7 Å². The van der Waals surface area contributed by atoms with Crippen LogP contribution in [0.25, 0.3) is 0 Å². The van der Waals surface area contributed by atoms with E-state index in [1.807, 2.05) is 25.1 Å². The number of aryl methyl sites for hydroxylation is 2. The zero-order chi connectivity index (χ0) is 18.4. The van der Waals surface area contributed by atoms with Gasteiger partial charge in [-0.2, -0.15) is 0 Å².